The van der Waals surface area contributed by atoms with Crippen LogP contribution in [0.3, 0.4) is 0 Å². The Balaban J connectivity index is 1.65. The molecule has 0 saturated carbocycles. The second-order valence-electron chi connectivity index (χ2n) is 6.34. The fraction of sp³-hybridized carbons (Fsp3) is 0.368. The highest BCUT2D eigenvalue weighted by Crippen LogP contribution is 2.20. The van der Waals surface area contributed by atoms with Gasteiger partial charge in [-0.05, 0) is 48.9 Å². The fourth-order valence-corrected chi connectivity index (χ4v) is 4.61. The molecule has 1 heterocycles. The molecule has 1 fully saturated rings. The van der Waals surface area contributed by atoms with Crippen LogP contribution in [-0.4, -0.2) is 50.9 Å². The van der Waals surface area contributed by atoms with Crippen LogP contribution in [0.15, 0.2) is 53.4 Å². The van der Waals surface area contributed by atoms with Crippen molar-refractivity contribution < 1.29 is 17.5 Å². The summed E-state index contributed by atoms with van der Waals surface area (Å²) < 4.78 is 45.5. The number of halogens is 1. The zero-order valence-corrected chi connectivity index (χ0v) is 15.6. The molecular weight excluding hydrogens is 355 g/mol. The lowest BCUT2D eigenvalue weighted by Crippen LogP contribution is -2.35. The van der Waals surface area contributed by atoms with Gasteiger partial charge in [0.2, 0.25) is 10.0 Å². The second-order valence-corrected chi connectivity index (χ2v) is 8.28. The Morgan fingerprint density at radius 2 is 1.81 bits per heavy atom. The Morgan fingerprint density at radius 1 is 1.04 bits per heavy atom. The minimum Gasteiger partial charge on any atom is -0.497 e. The molecule has 0 bridgehead atoms. The van der Waals surface area contributed by atoms with E-state index in [1.807, 2.05) is 24.3 Å². The number of methoxy groups -OCH3 is 1. The predicted molar refractivity (Wildman–Crippen MR) is 98.0 cm³/mol. The third kappa shape index (κ3) is 4.41. The topological polar surface area (TPSA) is 49.9 Å². The van der Waals surface area contributed by atoms with Gasteiger partial charge in [-0.1, -0.05) is 18.2 Å². The highest BCUT2D eigenvalue weighted by Gasteiger charge is 2.27. The second kappa shape index (κ2) is 8.16. The molecule has 0 spiro atoms. The summed E-state index contributed by atoms with van der Waals surface area (Å²) in [6, 6.07) is 13.1. The van der Waals surface area contributed by atoms with E-state index in [0.717, 1.165) is 36.9 Å². The van der Waals surface area contributed by atoms with E-state index in [9.17, 15) is 12.8 Å². The number of hydrogen-bond acceptors (Lipinski definition) is 4. The SMILES string of the molecule is COc1ccc(CN2CCCN(S(=O)(=O)c3cccc(F)c3)CC2)cc1. The number of hydrogen-bond donors (Lipinski definition) is 0. The molecule has 0 N–H and O–H groups in total. The van der Waals surface area contributed by atoms with Crippen molar-refractivity contribution in [1.82, 2.24) is 9.21 Å². The van der Waals surface area contributed by atoms with Crippen molar-refractivity contribution in [3.63, 3.8) is 0 Å². The molecule has 0 aliphatic carbocycles. The van der Waals surface area contributed by atoms with Crippen LogP contribution < -0.4 is 4.74 Å². The van der Waals surface area contributed by atoms with Gasteiger partial charge in [0.25, 0.3) is 0 Å². The summed E-state index contributed by atoms with van der Waals surface area (Å²) in [5, 5.41) is 0. The standard InChI is InChI=1S/C19H23FN2O3S/c1-25-18-8-6-16(7-9-18)15-21-10-3-11-22(13-12-21)26(23,24)19-5-2-4-17(20)14-19/h2,4-9,14H,3,10-13,15H2,1H3. The van der Waals surface area contributed by atoms with Gasteiger partial charge in [0.05, 0.1) is 12.0 Å². The molecule has 0 unspecified atom stereocenters. The van der Waals surface area contributed by atoms with Crippen LogP contribution in [-0.2, 0) is 16.6 Å². The summed E-state index contributed by atoms with van der Waals surface area (Å²) in [5.41, 5.74) is 1.16. The van der Waals surface area contributed by atoms with Gasteiger partial charge in [0, 0.05) is 26.2 Å². The highest BCUT2D eigenvalue weighted by atomic mass is 32.2. The Labute approximate surface area is 154 Å². The minimum absolute atomic E-state index is 0.0149. The number of sulfonamides is 1. The van der Waals surface area contributed by atoms with Gasteiger partial charge in [0.1, 0.15) is 11.6 Å². The van der Waals surface area contributed by atoms with Crippen molar-refractivity contribution in [3.05, 3.63) is 59.9 Å². The normalized spacial score (nSPS) is 17.0. The average Bonchev–Trinajstić information content (AvgIpc) is 2.88. The van der Waals surface area contributed by atoms with Crippen LogP contribution in [0.5, 0.6) is 5.75 Å². The number of nitrogens with zero attached hydrogens (tertiary/aromatic N) is 2. The van der Waals surface area contributed by atoms with E-state index in [1.165, 1.54) is 22.5 Å². The Bertz CT molecular complexity index is 840. The lowest BCUT2D eigenvalue weighted by Gasteiger charge is -2.22. The van der Waals surface area contributed by atoms with Crippen LogP contribution in [0.4, 0.5) is 4.39 Å². The maximum atomic E-state index is 13.4. The Kier molecular flexibility index (Phi) is 5.90. The van der Waals surface area contributed by atoms with Crippen molar-refractivity contribution in [1.29, 1.82) is 0 Å². The predicted octanol–water partition coefficient (Wildman–Crippen LogP) is 2.73. The van der Waals surface area contributed by atoms with E-state index >= 15 is 0 Å². The van der Waals surface area contributed by atoms with E-state index in [4.69, 9.17) is 4.74 Å². The van der Waals surface area contributed by atoms with Gasteiger partial charge in [-0.25, -0.2) is 12.8 Å². The summed E-state index contributed by atoms with van der Waals surface area (Å²) >= 11 is 0. The van der Waals surface area contributed by atoms with E-state index < -0.39 is 15.8 Å². The first kappa shape index (κ1) is 18.8. The van der Waals surface area contributed by atoms with Crippen LogP contribution in [0, 0.1) is 5.82 Å². The summed E-state index contributed by atoms with van der Waals surface area (Å²) in [4.78, 5) is 2.25. The molecule has 3 rings (SSSR count). The third-order valence-corrected chi connectivity index (χ3v) is 6.44. The number of ether oxygens (including phenoxy) is 1. The number of rotatable bonds is 5. The van der Waals surface area contributed by atoms with E-state index in [0.29, 0.717) is 19.6 Å². The molecule has 140 valence electrons. The van der Waals surface area contributed by atoms with Gasteiger partial charge < -0.3 is 4.74 Å². The lowest BCUT2D eigenvalue weighted by molar-refractivity contribution is 0.278. The molecule has 5 nitrogen and oxygen atoms in total. The first-order valence-electron chi connectivity index (χ1n) is 8.60. The molecule has 0 aromatic heterocycles. The fourth-order valence-electron chi connectivity index (χ4n) is 3.11. The van der Waals surface area contributed by atoms with Crippen LogP contribution in [0.25, 0.3) is 0 Å². The van der Waals surface area contributed by atoms with Crippen LogP contribution >= 0.6 is 0 Å². The van der Waals surface area contributed by atoms with Crippen LogP contribution in [0.1, 0.15) is 12.0 Å². The van der Waals surface area contributed by atoms with E-state index in [-0.39, 0.29) is 4.90 Å². The minimum atomic E-state index is -3.66. The monoisotopic (exact) mass is 378 g/mol. The summed E-state index contributed by atoms with van der Waals surface area (Å²) in [6.45, 7) is 3.06. The molecule has 0 atom stereocenters. The molecule has 0 amide bonds. The quantitative estimate of drug-likeness (QED) is 0.803. The molecular formula is C19H23FN2O3S. The molecule has 1 aliphatic heterocycles. The Hall–Kier alpha value is -1.96. The van der Waals surface area contributed by atoms with E-state index in [1.54, 1.807) is 7.11 Å². The Morgan fingerprint density at radius 3 is 2.50 bits per heavy atom. The summed E-state index contributed by atoms with van der Waals surface area (Å²) in [6.07, 6.45) is 0.741. The first-order valence-corrected chi connectivity index (χ1v) is 10.0. The summed E-state index contributed by atoms with van der Waals surface area (Å²) in [7, 11) is -2.03. The largest absolute Gasteiger partial charge is 0.497 e. The van der Waals surface area contributed by atoms with Crippen molar-refractivity contribution in [2.45, 2.75) is 17.9 Å². The molecule has 1 aliphatic rings. The third-order valence-electron chi connectivity index (χ3n) is 4.55. The molecule has 26 heavy (non-hydrogen) atoms. The van der Waals surface area contributed by atoms with Gasteiger partial charge in [-0.3, -0.25) is 4.90 Å². The highest BCUT2D eigenvalue weighted by molar-refractivity contribution is 7.89. The maximum Gasteiger partial charge on any atom is 0.243 e. The van der Waals surface area contributed by atoms with E-state index in [2.05, 4.69) is 4.90 Å². The van der Waals surface area contributed by atoms with Gasteiger partial charge in [-0.2, -0.15) is 4.31 Å². The van der Waals surface area contributed by atoms with Crippen molar-refractivity contribution >= 4 is 10.0 Å². The lowest BCUT2D eigenvalue weighted by atomic mass is 10.2. The van der Waals surface area contributed by atoms with Gasteiger partial charge in [-0.15, -0.1) is 0 Å². The van der Waals surface area contributed by atoms with Crippen molar-refractivity contribution in [2.75, 3.05) is 33.3 Å². The van der Waals surface area contributed by atoms with Gasteiger partial charge >= 0.3 is 0 Å². The van der Waals surface area contributed by atoms with Crippen molar-refractivity contribution in [3.8, 4) is 5.75 Å². The number of benzene rings is 2. The average molecular weight is 378 g/mol. The molecule has 2 aromatic carbocycles. The molecule has 0 radical (unpaired) electrons. The summed E-state index contributed by atoms with van der Waals surface area (Å²) in [5.74, 6) is 0.277. The molecule has 7 heteroatoms. The molecule has 1 saturated heterocycles. The van der Waals surface area contributed by atoms with Gasteiger partial charge in [0.15, 0.2) is 0 Å². The molecule has 2 aromatic rings. The van der Waals surface area contributed by atoms with Crippen molar-refractivity contribution in [2.24, 2.45) is 0 Å². The maximum absolute atomic E-state index is 13.4. The zero-order chi connectivity index (χ0) is 18.6. The first-order chi connectivity index (χ1) is 12.5. The smallest absolute Gasteiger partial charge is 0.243 e. The zero-order valence-electron chi connectivity index (χ0n) is 14.8. The van der Waals surface area contributed by atoms with Crippen LogP contribution in [0.2, 0.25) is 0 Å².